The SMILES string of the molecule is O=C(O)c1ccc(S(=O)(=O)NCCc2cscn2)o1. The average molecular weight is 302 g/mol. The van der Waals surface area contributed by atoms with Crippen molar-refractivity contribution in [2.45, 2.75) is 11.5 Å². The number of nitrogens with zero attached hydrogens (tertiary/aromatic N) is 1. The van der Waals surface area contributed by atoms with Crippen LogP contribution in [0.15, 0.2) is 32.5 Å². The van der Waals surface area contributed by atoms with E-state index in [2.05, 4.69) is 9.71 Å². The van der Waals surface area contributed by atoms with Gasteiger partial charge >= 0.3 is 5.97 Å². The third kappa shape index (κ3) is 3.40. The molecule has 0 amide bonds. The Hall–Kier alpha value is -1.71. The Labute approximate surface area is 113 Å². The Morgan fingerprint density at radius 1 is 1.47 bits per heavy atom. The highest BCUT2D eigenvalue weighted by atomic mass is 32.2. The van der Waals surface area contributed by atoms with Crippen LogP contribution in [0.4, 0.5) is 0 Å². The predicted octanol–water partition coefficient (Wildman–Crippen LogP) is 0.955. The van der Waals surface area contributed by atoms with E-state index in [0.29, 0.717) is 6.42 Å². The summed E-state index contributed by atoms with van der Waals surface area (Å²) in [6.07, 6.45) is 0.454. The lowest BCUT2D eigenvalue weighted by Gasteiger charge is -2.02. The van der Waals surface area contributed by atoms with Crippen LogP contribution >= 0.6 is 11.3 Å². The number of hydrogen-bond acceptors (Lipinski definition) is 6. The molecule has 0 saturated heterocycles. The van der Waals surface area contributed by atoms with Crippen LogP contribution in [-0.4, -0.2) is 31.0 Å². The molecular weight excluding hydrogens is 292 g/mol. The number of nitrogens with one attached hydrogen (secondary N) is 1. The first-order chi connectivity index (χ1) is 8.99. The van der Waals surface area contributed by atoms with Gasteiger partial charge in [0.2, 0.25) is 10.9 Å². The Bertz CT molecular complexity index is 660. The first-order valence-corrected chi connectivity index (χ1v) is 7.61. The second-order valence-electron chi connectivity index (χ2n) is 3.55. The molecule has 9 heteroatoms. The summed E-state index contributed by atoms with van der Waals surface area (Å²) in [5.74, 6) is -1.73. The minimum atomic E-state index is -3.83. The smallest absolute Gasteiger partial charge is 0.371 e. The quantitative estimate of drug-likeness (QED) is 0.822. The lowest BCUT2D eigenvalue weighted by Crippen LogP contribution is -2.25. The van der Waals surface area contributed by atoms with E-state index in [-0.39, 0.29) is 6.54 Å². The molecule has 0 saturated carbocycles. The van der Waals surface area contributed by atoms with Crippen LogP contribution in [0.2, 0.25) is 0 Å². The van der Waals surface area contributed by atoms with Crippen LogP contribution in [0.3, 0.4) is 0 Å². The Morgan fingerprint density at radius 3 is 2.84 bits per heavy atom. The van der Waals surface area contributed by atoms with E-state index < -0.39 is 26.8 Å². The number of thiazole rings is 1. The van der Waals surface area contributed by atoms with Gasteiger partial charge < -0.3 is 9.52 Å². The van der Waals surface area contributed by atoms with Gasteiger partial charge in [-0.25, -0.2) is 22.9 Å². The molecular formula is C10H10N2O5S2. The van der Waals surface area contributed by atoms with Crippen LogP contribution < -0.4 is 4.72 Å². The molecule has 2 aromatic rings. The minimum absolute atomic E-state index is 0.162. The largest absolute Gasteiger partial charge is 0.475 e. The maximum absolute atomic E-state index is 11.8. The van der Waals surface area contributed by atoms with Crippen molar-refractivity contribution in [1.82, 2.24) is 9.71 Å². The Morgan fingerprint density at radius 2 is 2.26 bits per heavy atom. The zero-order chi connectivity index (χ0) is 13.9. The molecule has 102 valence electrons. The zero-order valence-electron chi connectivity index (χ0n) is 9.57. The normalized spacial score (nSPS) is 11.6. The molecule has 2 heterocycles. The van der Waals surface area contributed by atoms with Gasteiger partial charge in [0.15, 0.2) is 0 Å². The number of sulfonamides is 1. The van der Waals surface area contributed by atoms with E-state index in [1.807, 2.05) is 5.38 Å². The van der Waals surface area contributed by atoms with Gasteiger partial charge in [0.25, 0.3) is 10.0 Å². The van der Waals surface area contributed by atoms with Crippen LogP contribution in [0, 0.1) is 0 Å². The molecule has 19 heavy (non-hydrogen) atoms. The molecule has 0 spiro atoms. The fraction of sp³-hybridized carbons (Fsp3) is 0.200. The highest BCUT2D eigenvalue weighted by Gasteiger charge is 2.20. The fourth-order valence-corrected chi connectivity index (χ4v) is 2.88. The van der Waals surface area contributed by atoms with E-state index in [1.165, 1.54) is 11.3 Å². The molecule has 0 aliphatic carbocycles. The van der Waals surface area contributed by atoms with E-state index >= 15 is 0 Å². The molecule has 7 nitrogen and oxygen atoms in total. The summed E-state index contributed by atoms with van der Waals surface area (Å²) in [5, 5.41) is 10.1. The van der Waals surface area contributed by atoms with Crippen LogP contribution in [-0.2, 0) is 16.4 Å². The molecule has 0 aromatic carbocycles. The molecule has 0 atom stereocenters. The molecule has 0 aliphatic rings. The van der Waals surface area contributed by atoms with E-state index in [4.69, 9.17) is 9.52 Å². The molecule has 0 fully saturated rings. The molecule has 0 unspecified atom stereocenters. The summed E-state index contributed by atoms with van der Waals surface area (Å²) < 4.78 is 30.6. The highest BCUT2D eigenvalue weighted by molar-refractivity contribution is 7.89. The summed E-state index contributed by atoms with van der Waals surface area (Å²) in [6, 6.07) is 2.20. The summed E-state index contributed by atoms with van der Waals surface area (Å²) in [4.78, 5) is 14.6. The number of aromatic carboxylic acids is 1. The van der Waals surface area contributed by atoms with Crippen molar-refractivity contribution in [3.05, 3.63) is 34.5 Å². The van der Waals surface area contributed by atoms with Crippen LogP contribution in [0.5, 0.6) is 0 Å². The van der Waals surface area contributed by atoms with Gasteiger partial charge in [-0.05, 0) is 12.1 Å². The van der Waals surface area contributed by atoms with Crippen LogP contribution in [0.1, 0.15) is 16.2 Å². The third-order valence-electron chi connectivity index (χ3n) is 2.21. The predicted molar refractivity (Wildman–Crippen MR) is 66.7 cm³/mol. The molecule has 2 N–H and O–H groups in total. The number of furan rings is 1. The monoisotopic (exact) mass is 302 g/mol. The van der Waals surface area contributed by atoms with Crippen LogP contribution in [0.25, 0.3) is 0 Å². The highest BCUT2D eigenvalue weighted by Crippen LogP contribution is 2.13. The van der Waals surface area contributed by atoms with Gasteiger partial charge in [-0.15, -0.1) is 11.3 Å². The Balaban J connectivity index is 1.99. The number of aromatic nitrogens is 1. The van der Waals surface area contributed by atoms with E-state index in [0.717, 1.165) is 17.8 Å². The average Bonchev–Trinajstić information content (AvgIpc) is 2.99. The number of carboxylic acids is 1. The van der Waals surface area contributed by atoms with Crippen molar-refractivity contribution >= 4 is 27.3 Å². The van der Waals surface area contributed by atoms with Crippen molar-refractivity contribution in [3.8, 4) is 0 Å². The summed E-state index contributed by atoms with van der Waals surface area (Å²) in [6.45, 7) is 0.162. The molecule has 0 radical (unpaired) electrons. The fourth-order valence-electron chi connectivity index (χ4n) is 1.33. The molecule has 2 aromatic heterocycles. The number of carbonyl (C=O) groups is 1. The maximum atomic E-state index is 11.8. The van der Waals surface area contributed by atoms with E-state index in [9.17, 15) is 13.2 Å². The molecule has 0 aliphatic heterocycles. The lowest BCUT2D eigenvalue weighted by atomic mass is 10.3. The van der Waals surface area contributed by atoms with Crippen molar-refractivity contribution in [2.24, 2.45) is 0 Å². The summed E-state index contributed by atoms with van der Waals surface area (Å²) >= 11 is 1.43. The summed E-state index contributed by atoms with van der Waals surface area (Å²) in [7, 11) is -3.83. The maximum Gasteiger partial charge on any atom is 0.371 e. The van der Waals surface area contributed by atoms with Gasteiger partial charge in [-0.1, -0.05) is 0 Å². The Kier molecular flexibility index (Phi) is 3.98. The lowest BCUT2D eigenvalue weighted by molar-refractivity contribution is 0.0656. The first-order valence-electron chi connectivity index (χ1n) is 5.19. The molecule has 0 bridgehead atoms. The second-order valence-corrected chi connectivity index (χ2v) is 5.97. The van der Waals surface area contributed by atoms with Crippen molar-refractivity contribution < 1.29 is 22.7 Å². The summed E-state index contributed by atoms with van der Waals surface area (Å²) in [5.41, 5.74) is 2.45. The standard InChI is InChI=1S/C10H10N2O5S2/c13-10(14)8-1-2-9(17-8)19(15,16)12-4-3-7-5-18-6-11-7/h1-2,5-6,12H,3-4H2,(H,13,14). The van der Waals surface area contributed by atoms with Crippen molar-refractivity contribution in [3.63, 3.8) is 0 Å². The van der Waals surface area contributed by atoms with Gasteiger partial charge in [0.1, 0.15) is 0 Å². The first kappa shape index (κ1) is 13.7. The van der Waals surface area contributed by atoms with Gasteiger partial charge in [-0.3, -0.25) is 0 Å². The number of hydrogen-bond donors (Lipinski definition) is 2. The van der Waals surface area contributed by atoms with E-state index in [1.54, 1.807) is 5.51 Å². The third-order valence-corrected chi connectivity index (χ3v) is 4.18. The number of rotatable bonds is 6. The van der Waals surface area contributed by atoms with Gasteiger partial charge in [0.05, 0.1) is 11.2 Å². The van der Waals surface area contributed by atoms with Crippen molar-refractivity contribution in [1.29, 1.82) is 0 Å². The topological polar surface area (TPSA) is 110 Å². The second kappa shape index (κ2) is 5.51. The zero-order valence-corrected chi connectivity index (χ0v) is 11.2. The van der Waals surface area contributed by atoms with Gasteiger partial charge in [-0.2, -0.15) is 0 Å². The minimum Gasteiger partial charge on any atom is -0.475 e. The van der Waals surface area contributed by atoms with Crippen molar-refractivity contribution in [2.75, 3.05) is 6.54 Å². The number of carboxylic acid groups (broad SMARTS) is 1. The van der Waals surface area contributed by atoms with Gasteiger partial charge in [0, 0.05) is 18.3 Å². The molecule has 2 rings (SSSR count).